The van der Waals surface area contributed by atoms with E-state index in [0.717, 1.165) is 0 Å². The van der Waals surface area contributed by atoms with Crippen molar-refractivity contribution in [1.82, 2.24) is 4.57 Å². The van der Waals surface area contributed by atoms with E-state index in [2.05, 4.69) is 10.6 Å². The van der Waals surface area contributed by atoms with Crippen molar-refractivity contribution in [3.63, 3.8) is 0 Å². The third-order valence-electron chi connectivity index (χ3n) is 3.60. The normalized spacial score (nSPS) is 10.6. The predicted octanol–water partition coefficient (Wildman–Crippen LogP) is 3.27. The number of oxazole rings is 1. The quantitative estimate of drug-likeness (QED) is 0.770. The van der Waals surface area contributed by atoms with Crippen molar-refractivity contribution in [1.29, 1.82) is 0 Å². The maximum absolute atomic E-state index is 12.1. The smallest absolute Gasteiger partial charge is 0.419 e. The van der Waals surface area contributed by atoms with E-state index in [-0.39, 0.29) is 0 Å². The molecular formula is C17H17N3O4. The zero-order valence-corrected chi connectivity index (χ0v) is 13.3. The van der Waals surface area contributed by atoms with Crippen LogP contribution in [0.25, 0.3) is 11.1 Å². The van der Waals surface area contributed by atoms with Crippen LogP contribution in [0.15, 0.2) is 51.7 Å². The first kappa shape index (κ1) is 15.7. The van der Waals surface area contributed by atoms with Crippen molar-refractivity contribution in [2.75, 3.05) is 17.7 Å². The van der Waals surface area contributed by atoms with Gasteiger partial charge < -0.3 is 19.8 Å². The molecule has 1 heterocycles. The Labute approximate surface area is 137 Å². The van der Waals surface area contributed by atoms with E-state index in [0.29, 0.717) is 34.8 Å². The molecule has 0 aliphatic rings. The third-order valence-corrected chi connectivity index (χ3v) is 3.60. The number of nitrogens with zero attached hydrogens (tertiary/aromatic N) is 1. The molecule has 0 aliphatic carbocycles. The molecule has 2 amide bonds. The minimum absolute atomic E-state index is 0.414. The number of nitrogens with one attached hydrogen (secondary N) is 2. The van der Waals surface area contributed by atoms with Crippen molar-refractivity contribution < 1.29 is 13.9 Å². The number of anilines is 2. The fraction of sp³-hybridized carbons (Fsp3) is 0.176. The lowest BCUT2D eigenvalue weighted by Gasteiger charge is -2.10. The molecule has 7 heteroatoms. The van der Waals surface area contributed by atoms with Gasteiger partial charge in [-0.1, -0.05) is 12.1 Å². The van der Waals surface area contributed by atoms with Gasteiger partial charge in [0, 0.05) is 18.3 Å². The zero-order chi connectivity index (χ0) is 17.1. The van der Waals surface area contributed by atoms with Gasteiger partial charge in [-0.05, 0) is 31.2 Å². The van der Waals surface area contributed by atoms with Gasteiger partial charge in [0.15, 0.2) is 5.58 Å². The molecule has 0 spiro atoms. The maximum Gasteiger partial charge on any atom is 0.419 e. The lowest BCUT2D eigenvalue weighted by molar-refractivity contribution is 0.262. The Morgan fingerprint density at radius 3 is 2.75 bits per heavy atom. The number of methoxy groups -OCH3 is 1. The number of urea groups is 1. The molecule has 24 heavy (non-hydrogen) atoms. The lowest BCUT2D eigenvalue weighted by Crippen LogP contribution is -2.19. The van der Waals surface area contributed by atoms with Gasteiger partial charge >= 0.3 is 11.8 Å². The number of fused-ring (bicyclic) bond motifs is 1. The van der Waals surface area contributed by atoms with E-state index in [9.17, 15) is 9.59 Å². The second kappa shape index (κ2) is 6.49. The number of aryl methyl sites for hydroxylation is 1. The van der Waals surface area contributed by atoms with Gasteiger partial charge in [-0.25, -0.2) is 9.59 Å². The highest BCUT2D eigenvalue weighted by atomic mass is 16.5. The molecule has 0 saturated carbocycles. The summed E-state index contributed by atoms with van der Waals surface area (Å²) >= 11 is 0. The molecule has 0 unspecified atom stereocenters. The fourth-order valence-electron chi connectivity index (χ4n) is 2.48. The average Bonchev–Trinajstić information content (AvgIpc) is 2.89. The number of para-hydroxylation sites is 2. The average molecular weight is 327 g/mol. The summed E-state index contributed by atoms with van der Waals surface area (Å²) in [6.45, 7) is 2.39. The van der Waals surface area contributed by atoms with Gasteiger partial charge in [0.2, 0.25) is 0 Å². The number of amides is 2. The zero-order valence-electron chi connectivity index (χ0n) is 13.3. The van der Waals surface area contributed by atoms with E-state index in [4.69, 9.17) is 9.15 Å². The summed E-state index contributed by atoms with van der Waals surface area (Å²) in [5.41, 5.74) is 2.20. The largest absolute Gasteiger partial charge is 0.495 e. The number of carbonyl (C=O) groups excluding carboxylic acids is 1. The van der Waals surface area contributed by atoms with Crippen LogP contribution in [0, 0.1) is 0 Å². The number of rotatable bonds is 4. The van der Waals surface area contributed by atoms with Crippen LogP contribution in [-0.2, 0) is 6.54 Å². The number of aromatic nitrogens is 1. The number of carbonyl (C=O) groups is 1. The highest BCUT2D eigenvalue weighted by Crippen LogP contribution is 2.23. The Kier molecular flexibility index (Phi) is 4.24. The lowest BCUT2D eigenvalue weighted by atomic mass is 10.2. The molecule has 2 N–H and O–H groups in total. The highest BCUT2D eigenvalue weighted by Gasteiger charge is 2.11. The Morgan fingerprint density at radius 2 is 2.00 bits per heavy atom. The van der Waals surface area contributed by atoms with Gasteiger partial charge in [-0.3, -0.25) is 4.57 Å². The van der Waals surface area contributed by atoms with E-state index in [1.54, 1.807) is 36.4 Å². The van der Waals surface area contributed by atoms with Crippen LogP contribution in [0.4, 0.5) is 16.2 Å². The summed E-state index contributed by atoms with van der Waals surface area (Å²) in [6, 6.07) is 11.8. The Morgan fingerprint density at radius 1 is 1.21 bits per heavy atom. The van der Waals surface area contributed by atoms with Crippen molar-refractivity contribution in [3.05, 3.63) is 53.0 Å². The van der Waals surface area contributed by atoms with Crippen LogP contribution in [0.1, 0.15) is 6.92 Å². The minimum Gasteiger partial charge on any atom is -0.495 e. The van der Waals surface area contributed by atoms with E-state index >= 15 is 0 Å². The van der Waals surface area contributed by atoms with E-state index in [1.807, 2.05) is 13.0 Å². The maximum atomic E-state index is 12.1. The fourth-order valence-corrected chi connectivity index (χ4v) is 2.48. The summed E-state index contributed by atoms with van der Waals surface area (Å²) in [7, 11) is 1.53. The topological polar surface area (TPSA) is 85.5 Å². The van der Waals surface area contributed by atoms with Crippen LogP contribution in [-0.4, -0.2) is 17.7 Å². The summed E-state index contributed by atoms with van der Waals surface area (Å²) in [6.07, 6.45) is 0. The van der Waals surface area contributed by atoms with E-state index in [1.165, 1.54) is 11.7 Å². The second-order valence-electron chi connectivity index (χ2n) is 5.07. The molecule has 0 bridgehead atoms. The van der Waals surface area contributed by atoms with Crippen molar-refractivity contribution in [2.45, 2.75) is 13.5 Å². The molecule has 0 atom stereocenters. The van der Waals surface area contributed by atoms with E-state index < -0.39 is 11.8 Å². The van der Waals surface area contributed by atoms with Crippen molar-refractivity contribution in [3.8, 4) is 5.75 Å². The first-order chi connectivity index (χ1) is 11.6. The molecule has 1 aromatic heterocycles. The Balaban J connectivity index is 1.79. The molecule has 0 fully saturated rings. The first-order valence-electron chi connectivity index (χ1n) is 7.46. The van der Waals surface area contributed by atoms with Gasteiger partial charge in [-0.2, -0.15) is 0 Å². The number of hydrogen-bond donors (Lipinski definition) is 2. The SMILES string of the molecule is CCn1c(=O)oc2cc(NC(=O)Nc3ccccc3OC)ccc21. The van der Waals surface area contributed by atoms with Crippen LogP contribution >= 0.6 is 0 Å². The van der Waals surface area contributed by atoms with Crippen LogP contribution in [0.3, 0.4) is 0 Å². The molecule has 0 saturated heterocycles. The molecule has 124 valence electrons. The highest BCUT2D eigenvalue weighted by molar-refractivity contribution is 6.01. The molecule has 3 aromatic rings. The molecule has 0 radical (unpaired) electrons. The molecule has 0 aliphatic heterocycles. The molecule has 7 nitrogen and oxygen atoms in total. The van der Waals surface area contributed by atoms with Gasteiger partial charge in [-0.15, -0.1) is 0 Å². The predicted molar refractivity (Wildman–Crippen MR) is 91.8 cm³/mol. The Bertz CT molecular complexity index is 942. The monoisotopic (exact) mass is 327 g/mol. The standard InChI is InChI=1S/C17H17N3O4/c1-3-20-13-9-8-11(10-15(13)24-17(20)22)18-16(21)19-12-6-4-5-7-14(12)23-2/h4-10H,3H2,1-2H3,(H2,18,19,21). The van der Waals surface area contributed by atoms with Crippen LogP contribution in [0.5, 0.6) is 5.75 Å². The molecule has 3 rings (SSSR count). The summed E-state index contributed by atoms with van der Waals surface area (Å²) in [5.74, 6) is 0.150. The Hall–Kier alpha value is -3.22. The van der Waals surface area contributed by atoms with Crippen molar-refractivity contribution >= 4 is 28.5 Å². The first-order valence-corrected chi connectivity index (χ1v) is 7.46. The van der Waals surface area contributed by atoms with Crippen LogP contribution in [0.2, 0.25) is 0 Å². The molecular weight excluding hydrogens is 310 g/mol. The number of hydrogen-bond acceptors (Lipinski definition) is 4. The molecule has 2 aromatic carbocycles. The summed E-state index contributed by atoms with van der Waals surface area (Å²) in [4.78, 5) is 23.8. The van der Waals surface area contributed by atoms with Crippen molar-refractivity contribution in [2.24, 2.45) is 0 Å². The summed E-state index contributed by atoms with van der Waals surface area (Å²) < 4.78 is 11.9. The second-order valence-corrected chi connectivity index (χ2v) is 5.07. The minimum atomic E-state index is -0.420. The number of ether oxygens (including phenoxy) is 1. The van der Waals surface area contributed by atoms with Gasteiger partial charge in [0.25, 0.3) is 0 Å². The van der Waals surface area contributed by atoms with Gasteiger partial charge in [0.05, 0.1) is 18.3 Å². The van der Waals surface area contributed by atoms with Gasteiger partial charge in [0.1, 0.15) is 5.75 Å². The van der Waals surface area contributed by atoms with Crippen LogP contribution < -0.4 is 21.1 Å². The third kappa shape index (κ3) is 2.96. The number of benzene rings is 2. The summed E-state index contributed by atoms with van der Waals surface area (Å²) in [5, 5.41) is 5.42.